The first-order valence-corrected chi connectivity index (χ1v) is 5.34. The Morgan fingerprint density at radius 1 is 1.38 bits per heavy atom. The van der Waals surface area contributed by atoms with Gasteiger partial charge in [0.1, 0.15) is 11.0 Å². The molecule has 1 N–H and O–H groups in total. The first-order chi connectivity index (χ1) is 7.74. The minimum absolute atomic E-state index is 0.0481. The number of hydrogen-bond donors (Lipinski definition) is 1. The van der Waals surface area contributed by atoms with Crippen LogP contribution in [-0.2, 0) is 13.5 Å². The van der Waals surface area contributed by atoms with E-state index in [9.17, 15) is 0 Å². The van der Waals surface area contributed by atoms with Gasteiger partial charge in [-0.25, -0.2) is 4.98 Å². The Kier molecular flexibility index (Phi) is 3.22. The Labute approximate surface area is 98.5 Å². The zero-order valence-corrected chi connectivity index (χ0v) is 9.65. The van der Waals surface area contributed by atoms with Gasteiger partial charge in [0.25, 0.3) is 0 Å². The highest BCUT2D eigenvalue weighted by atomic mass is 35.5. The van der Waals surface area contributed by atoms with Crippen LogP contribution in [0.4, 0.5) is 0 Å². The van der Waals surface area contributed by atoms with Crippen molar-refractivity contribution in [1.29, 1.82) is 0 Å². The average molecular weight is 238 g/mol. The Bertz CT molecular complexity index is 481. The van der Waals surface area contributed by atoms with E-state index in [-0.39, 0.29) is 6.61 Å². The molecule has 2 rings (SSSR count). The third-order valence-corrected chi connectivity index (χ3v) is 2.85. The third kappa shape index (κ3) is 1.94. The first-order valence-electron chi connectivity index (χ1n) is 4.96. The minimum Gasteiger partial charge on any atom is -0.396 e. The lowest BCUT2D eigenvalue weighted by Gasteiger charge is -2.00. The molecule has 0 aromatic carbocycles. The number of hydrogen-bond acceptors (Lipinski definition) is 3. The Morgan fingerprint density at radius 2 is 2.06 bits per heavy atom. The van der Waals surface area contributed by atoms with Gasteiger partial charge >= 0.3 is 0 Å². The van der Waals surface area contributed by atoms with Crippen molar-refractivity contribution in [2.45, 2.75) is 6.42 Å². The predicted molar refractivity (Wildman–Crippen MR) is 62.2 cm³/mol. The molecular formula is C11H12ClN3O. The minimum atomic E-state index is 0.0481. The van der Waals surface area contributed by atoms with Gasteiger partial charge < -0.3 is 9.67 Å². The van der Waals surface area contributed by atoms with E-state index >= 15 is 0 Å². The summed E-state index contributed by atoms with van der Waals surface area (Å²) in [6, 6.07) is 3.75. The van der Waals surface area contributed by atoms with Crippen molar-refractivity contribution < 1.29 is 5.11 Å². The SMILES string of the molecule is Cn1c(-c2ccncc2)nc(CCO)c1Cl. The van der Waals surface area contributed by atoms with Crippen molar-refractivity contribution in [1.82, 2.24) is 14.5 Å². The van der Waals surface area contributed by atoms with E-state index in [2.05, 4.69) is 9.97 Å². The molecule has 0 aliphatic heterocycles. The van der Waals surface area contributed by atoms with Crippen molar-refractivity contribution in [3.8, 4) is 11.4 Å². The maximum absolute atomic E-state index is 8.90. The molecule has 16 heavy (non-hydrogen) atoms. The van der Waals surface area contributed by atoms with E-state index in [0.29, 0.717) is 11.6 Å². The summed E-state index contributed by atoms with van der Waals surface area (Å²) in [6.07, 6.45) is 3.89. The molecule has 0 amide bonds. The fraction of sp³-hybridized carbons (Fsp3) is 0.273. The lowest BCUT2D eigenvalue weighted by molar-refractivity contribution is 0.298. The third-order valence-electron chi connectivity index (χ3n) is 2.38. The number of rotatable bonds is 3. The maximum atomic E-state index is 8.90. The summed E-state index contributed by atoms with van der Waals surface area (Å²) in [7, 11) is 1.85. The summed E-state index contributed by atoms with van der Waals surface area (Å²) >= 11 is 6.12. The van der Waals surface area contributed by atoms with Crippen LogP contribution in [-0.4, -0.2) is 26.2 Å². The molecular weight excluding hydrogens is 226 g/mol. The number of aromatic nitrogens is 3. The van der Waals surface area contributed by atoms with E-state index < -0.39 is 0 Å². The molecule has 2 heterocycles. The lowest BCUT2D eigenvalue weighted by Crippen LogP contribution is -1.93. The van der Waals surface area contributed by atoms with Crippen molar-refractivity contribution in [2.75, 3.05) is 6.61 Å². The van der Waals surface area contributed by atoms with Crippen LogP contribution in [0.1, 0.15) is 5.69 Å². The second-order valence-electron chi connectivity index (χ2n) is 3.44. The quantitative estimate of drug-likeness (QED) is 0.884. The Morgan fingerprint density at radius 3 is 2.69 bits per heavy atom. The van der Waals surface area contributed by atoms with E-state index in [1.165, 1.54) is 0 Å². The van der Waals surface area contributed by atoms with Crippen LogP contribution < -0.4 is 0 Å². The number of aliphatic hydroxyl groups is 1. The van der Waals surface area contributed by atoms with Gasteiger partial charge in [-0.1, -0.05) is 11.6 Å². The van der Waals surface area contributed by atoms with Gasteiger partial charge in [0.05, 0.1) is 5.69 Å². The smallest absolute Gasteiger partial charge is 0.141 e. The van der Waals surface area contributed by atoms with E-state index in [1.54, 1.807) is 12.4 Å². The molecule has 0 bridgehead atoms. The summed E-state index contributed by atoms with van der Waals surface area (Å²) < 4.78 is 1.81. The molecule has 0 atom stereocenters. The molecule has 0 aliphatic rings. The summed E-state index contributed by atoms with van der Waals surface area (Å²) in [4.78, 5) is 8.37. The van der Waals surface area contributed by atoms with Crippen LogP contribution in [0.5, 0.6) is 0 Å². The van der Waals surface area contributed by atoms with E-state index in [0.717, 1.165) is 17.1 Å². The van der Waals surface area contributed by atoms with Gasteiger partial charge in [0.2, 0.25) is 0 Å². The van der Waals surface area contributed by atoms with Crippen molar-refractivity contribution in [3.05, 3.63) is 35.4 Å². The molecule has 2 aromatic heterocycles. The van der Waals surface area contributed by atoms with Crippen LogP contribution in [0, 0.1) is 0 Å². The Balaban J connectivity index is 2.46. The van der Waals surface area contributed by atoms with Crippen LogP contribution >= 0.6 is 11.6 Å². The van der Waals surface area contributed by atoms with Crippen molar-refractivity contribution in [3.63, 3.8) is 0 Å². The highest BCUT2D eigenvalue weighted by Gasteiger charge is 2.13. The lowest BCUT2D eigenvalue weighted by atomic mass is 10.2. The van der Waals surface area contributed by atoms with Gasteiger partial charge in [-0.3, -0.25) is 4.98 Å². The number of imidazole rings is 1. The molecule has 0 spiro atoms. The number of pyridine rings is 1. The second kappa shape index (κ2) is 4.63. The number of aliphatic hydroxyl groups excluding tert-OH is 1. The van der Waals surface area contributed by atoms with Crippen molar-refractivity contribution in [2.24, 2.45) is 7.05 Å². The summed E-state index contributed by atoms with van der Waals surface area (Å²) in [6.45, 7) is 0.0481. The van der Waals surface area contributed by atoms with Crippen LogP contribution in [0.25, 0.3) is 11.4 Å². The monoisotopic (exact) mass is 237 g/mol. The highest BCUT2D eigenvalue weighted by molar-refractivity contribution is 6.30. The zero-order chi connectivity index (χ0) is 11.5. The van der Waals surface area contributed by atoms with Gasteiger partial charge in [-0.05, 0) is 12.1 Å². The molecule has 2 aromatic rings. The Hall–Kier alpha value is -1.39. The van der Waals surface area contributed by atoms with Gasteiger partial charge in [0.15, 0.2) is 0 Å². The standard InChI is InChI=1S/C11H12ClN3O/c1-15-10(12)9(4-7-16)14-11(15)8-2-5-13-6-3-8/h2-3,5-6,16H,4,7H2,1H3. The molecule has 0 fully saturated rings. The molecule has 0 aliphatic carbocycles. The highest BCUT2D eigenvalue weighted by Crippen LogP contribution is 2.24. The molecule has 84 valence electrons. The summed E-state index contributed by atoms with van der Waals surface area (Å²) in [5, 5.41) is 9.47. The fourth-order valence-electron chi connectivity index (χ4n) is 1.56. The number of halogens is 1. The number of nitrogens with zero attached hydrogens (tertiary/aromatic N) is 3. The molecule has 0 saturated heterocycles. The molecule has 5 heteroatoms. The zero-order valence-electron chi connectivity index (χ0n) is 8.89. The summed E-state index contributed by atoms with van der Waals surface area (Å²) in [5.74, 6) is 0.788. The largest absolute Gasteiger partial charge is 0.396 e. The topological polar surface area (TPSA) is 50.9 Å². The van der Waals surface area contributed by atoms with Gasteiger partial charge in [0, 0.05) is 38.0 Å². The van der Waals surface area contributed by atoms with E-state index in [1.807, 2.05) is 23.7 Å². The normalized spacial score (nSPS) is 10.7. The second-order valence-corrected chi connectivity index (χ2v) is 3.80. The van der Waals surface area contributed by atoms with Gasteiger partial charge in [-0.15, -0.1) is 0 Å². The van der Waals surface area contributed by atoms with Crippen LogP contribution in [0.15, 0.2) is 24.5 Å². The molecule has 0 radical (unpaired) electrons. The molecule has 0 saturated carbocycles. The van der Waals surface area contributed by atoms with Gasteiger partial charge in [-0.2, -0.15) is 0 Å². The average Bonchev–Trinajstić information content (AvgIpc) is 2.59. The summed E-state index contributed by atoms with van der Waals surface area (Å²) in [5.41, 5.74) is 1.68. The molecule has 0 unspecified atom stereocenters. The first kappa shape index (κ1) is 11.1. The fourth-order valence-corrected chi connectivity index (χ4v) is 1.78. The maximum Gasteiger partial charge on any atom is 0.141 e. The van der Waals surface area contributed by atoms with Crippen LogP contribution in [0.3, 0.4) is 0 Å². The predicted octanol–water partition coefficient (Wildman–Crippen LogP) is 1.67. The van der Waals surface area contributed by atoms with E-state index in [4.69, 9.17) is 16.7 Å². The van der Waals surface area contributed by atoms with Crippen molar-refractivity contribution >= 4 is 11.6 Å². The van der Waals surface area contributed by atoms with Crippen LogP contribution in [0.2, 0.25) is 5.15 Å². The molecule has 4 nitrogen and oxygen atoms in total.